The van der Waals surface area contributed by atoms with Crippen LogP contribution in [0.15, 0.2) is 17.5 Å². The Kier molecular flexibility index (Phi) is 5.75. The molecule has 0 radical (unpaired) electrons. The summed E-state index contributed by atoms with van der Waals surface area (Å²) < 4.78 is 23.9. The number of hydrogen-bond acceptors (Lipinski definition) is 3. The van der Waals surface area contributed by atoms with E-state index in [9.17, 15) is 8.78 Å². The number of nitrogens with zero attached hydrogens (tertiary/aromatic N) is 1. The molecular formula is C10H16F2N2S. The number of thiophene rings is 1. The van der Waals surface area contributed by atoms with Crippen LogP contribution in [0.25, 0.3) is 0 Å². The molecule has 1 N–H and O–H groups in total. The lowest BCUT2D eigenvalue weighted by atomic mass is 10.4. The molecule has 0 aliphatic heterocycles. The predicted octanol–water partition coefficient (Wildman–Crippen LogP) is 2.03. The van der Waals surface area contributed by atoms with Crippen LogP contribution in [-0.4, -0.2) is 38.0 Å². The Balaban J connectivity index is 2.01. The monoisotopic (exact) mass is 234 g/mol. The van der Waals surface area contributed by atoms with Crippen LogP contribution in [0.3, 0.4) is 0 Å². The Morgan fingerprint density at radius 3 is 2.93 bits per heavy atom. The summed E-state index contributed by atoms with van der Waals surface area (Å²) in [5, 5.41) is 5.24. The SMILES string of the molecule is CN(CCNCc1cccs1)CC(F)F. The van der Waals surface area contributed by atoms with Crippen molar-refractivity contribution >= 4 is 11.3 Å². The first-order chi connectivity index (χ1) is 7.18. The molecule has 0 amide bonds. The molecule has 1 aromatic heterocycles. The van der Waals surface area contributed by atoms with Crippen molar-refractivity contribution in [3.05, 3.63) is 22.4 Å². The first-order valence-corrected chi connectivity index (χ1v) is 5.76. The van der Waals surface area contributed by atoms with Gasteiger partial charge in [0, 0.05) is 24.5 Å². The van der Waals surface area contributed by atoms with E-state index >= 15 is 0 Å². The Morgan fingerprint density at radius 2 is 2.33 bits per heavy atom. The van der Waals surface area contributed by atoms with Gasteiger partial charge in [0.1, 0.15) is 0 Å². The fourth-order valence-electron chi connectivity index (χ4n) is 1.22. The molecule has 0 unspecified atom stereocenters. The predicted molar refractivity (Wildman–Crippen MR) is 59.5 cm³/mol. The second-order valence-electron chi connectivity index (χ2n) is 3.41. The van der Waals surface area contributed by atoms with E-state index in [4.69, 9.17) is 0 Å². The molecule has 0 aliphatic carbocycles. The molecule has 0 spiro atoms. The van der Waals surface area contributed by atoms with Gasteiger partial charge in [-0.25, -0.2) is 8.78 Å². The number of halogens is 2. The summed E-state index contributed by atoms with van der Waals surface area (Å²) in [7, 11) is 1.71. The third-order valence-electron chi connectivity index (χ3n) is 2.00. The number of hydrogen-bond donors (Lipinski definition) is 1. The first kappa shape index (κ1) is 12.5. The van der Waals surface area contributed by atoms with Crippen LogP contribution < -0.4 is 5.32 Å². The first-order valence-electron chi connectivity index (χ1n) is 4.88. The maximum Gasteiger partial charge on any atom is 0.251 e. The van der Waals surface area contributed by atoms with E-state index in [1.807, 2.05) is 11.4 Å². The van der Waals surface area contributed by atoms with Crippen LogP contribution in [0.2, 0.25) is 0 Å². The lowest BCUT2D eigenvalue weighted by Crippen LogP contribution is -2.32. The van der Waals surface area contributed by atoms with Crippen LogP contribution in [-0.2, 0) is 6.54 Å². The Bertz CT molecular complexity index is 252. The van der Waals surface area contributed by atoms with Gasteiger partial charge < -0.3 is 5.32 Å². The van der Waals surface area contributed by atoms with Crippen LogP contribution in [0.5, 0.6) is 0 Å². The van der Waals surface area contributed by atoms with Crippen LogP contribution >= 0.6 is 11.3 Å². The van der Waals surface area contributed by atoms with Gasteiger partial charge in [-0.2, -0.15) is 0 Å². The van der Waals surface area contributed by atoms with E-state index in [2.05, 4.69) is 11.4 Å². The standard InChI is InChI=1S/C10H16F2N2S/c1-14(8-10(11)12)5-4-13-7-9-3-2-6-15-9/h2-3,6,10,13H,4-5,7-8H2,1H3. The zero-order valence-corrected chi connectivity index (χ0v) is 9.57. The molecule has 2 nitrogen and oxygen atoms in total. The second kappa shape index (κ2) is 6.87. The minimum atomic E-state index is -2.24. The van der Waals surface area contributed by atoms with Gasteiger partial charge in [-0.1, -0.05) is 6.07 Å². The Morgan fingerprint density at radius 1 is 1.53 bits per heavy atom. The van der Waals surface area contributed by atoms with Crippen LogP contribution in [0, 0.1) is 0 Å². The second-order valence-corrected chi connectivity index (χ2v) is 4.44. The van der Waals surface area contributed by atoms with Crippen molar-refractivity contribution < 1.29 is 8.78 Å². The van der Waals surface area contributed by atoms with Gasteiger partial charge in [0.2, 0.25) is 0 Å². The third-order valence-corrected chi connectivity index (χ3v) is 2.88. The average Bonchev–Trinajstić information content (AvgIpc) is 2.63. The van der Waals surface area contributed by atoms with E-state index in [-0.39, 0.29) is 6.54 Å². The molecule has 0 bridgehead atoms. The molecule has 1 heterocycles. The topological polar surface area (TPSA) is 15.3 Å². The van der Waals surface area contributed by atoms with Crippen molar-refractivity contribution in [2.45, 2.75) is 13.0 Å². The summed E-state index contributed by atoms with van der Waals surface area (Å²) in [6.07, 6.45) is -2.24. The van der Waals surface area contributed by atoms with E-state index in [0.29, 0.717) is 6.54 Å². The lowest BCUT2D eigenvalue weighted by Gasteiger charge is -2.15. The van der Waals surface area contributed by atoms with Gasteiger partial charge in [-0.3, -0.25) is 4.90 Å². The Labute approximate surface area is 92.9 Å². The average molecular weight is 234 g/mol. The maximum absolute atomic E-state index is 12.0. The van der Waals surface area contributed by atoms with Gasteiger partial charge in [-0.15, -0.1) is 11.3 Å². The van der Waals surface area contributed by atoms with Crippen molar-refractivity contribution in [3.63, 3.8) is 0 Å². The molecule has 0 saturated carbocycles. The van der Waals surface area contributed by atoms with Gasteiger partial charge in [0.25, 0.3) is 6.43 Å². The van der Waals surface area contributed by atoms with Crippen molar-refractivity contribution in [1.82, 2.24) is 10.2 Å². The lowest BCUT2D eigenvalue weighted by molar-refractivity contribution is 0.101. The van der Waals surface area contributed by atoms with Gasteiger partial charge in [-0.05, 0) is 18.5 Å². The molecule has 0 atom stereocenters. The summed E-state index contributed by atoms with van der Waals surface area (Å²) in [6.45, 7) is 2.05. The molecule has 0 aromatic carbocycles. The van der Waals surface area contributed by atoms with Crippen LogP contribution in [0.4, 0.5) is 8.78 Å². The van der Waals surface area contributed by atoms with Crippen molar-refractivity contribution in [2.24, 2.45) is 0 Å². The highest BCUT2D eigenvalue weighted by Gasteiger charge is 2.06. The molecular weight excluding hydrogens is 218 g/mol. The molecule has 1 aromatic rings. The summed E-state index contributed by atoms with van der Waals surface area (Å²) >= 11 is 1.70. The third kappa shape index (κ3) is 5.81. The number of alkyl halides is 2. The number of rotatable bonds is 7. The van der Waals surface area contributed by atoms with Crippen molar-refractivity contribution in [2.75, 3.05) is 26.7 Å². The number of likely N-dealkylation sites (N-methyl/N-ethyl adjacent to an activating group) is 1. The maximum atomic E-state index is 12.0. The van der Waals surface area contributed by atoms with Gasteiger partial charge in [0.05, 0.1) is 6.54 Å². The molecule has 0 aliphatic rings. The summed E-state index contributed by atoms with van der Waals surface area (Å²) in [6, 6.07) is 4.06. The highest BCUT2D eigenvalue weighted by molar-refractivity contribution is 7.09. The quantitative estimate of drug-likeness (QED) is 0.726. The van der Waals surface area contributed by atoms with E-state index < -0.39 is 6.43 Å². The fraction of sp³-hybridized carbons (Fsp3) is 0.600. The van der Waals surface area contributed by atoms with Crippen molar-refractivity contribution in [1.29, 1.82) is 0 Å². The van der Waals surface area contributed by atoms with Gasteiger partial charge >= 0.3 is 0 Å². The van der Waals surface area contributed by atoms with E-state index in [1.165, 1.54) is 4.88 Å². The molecule has 1 rings (SSSR count). The van der Waals surface area contributed by atoms with Gasteiger partial charge in [0.15, 0.2) is 0 Å². The molecule has 15 heavy (non-hydrogen) atoms. The van der Waals surface area contributed by atoms with Crippen molar-refractivity contribution in [3.8, 4) is 0 Å². The summed E-state index contributed by atoms with van der Waals surface area (Å²) in [4.78, 5) is 2.90. The highest BCUT2D eigenvalue weighted by atomic mass is 32.1. The summed E-state index contributed by atoms with van der Waals surface area (Å²) in [5.41, 5.74) is 0. The zero-order chi connectivity index (χ0) is 11.1. The molecule has 5 heteroatoms. The molecule has 0 saturated heterocycles. The Hall–Kier alpha value is -0.520. The minimum Gasteiger partial charge on any atom is -0.311 e. The molecule has 86 valence electrons. The fourth-order valence-corrected chi connectivity index (χ4v) is 1.90. The minimum absolute atomic E-state index is 0.152. The molecule has 0 fully saturated rings. The van der Waals surface area contributed by atoms with E-state index in [1.54, 1.807) is 23.3 Å². The zero-order valence-electron chi connectivity index (χ0n) is 8.75. The smallest absolute Gasteiger partial charge is 0.251 e. The van der Waals surface area contributed by atoms with Crippen LogP contribution in [0.1, 0.15) is 4.88 Å². The number of nitrogens with one attached hydrogen (secondary N) is 1. The highest BCUT2D eigenvalue weighted by Crippen LogP contribution is 2.06. The summed E-state index contributed by atoms with van der Waals surface area (Å²) in [5.74, 6) is 0. The van der Waals surface area contributed by atoms with E-state index in [0.717, 1.165) is 13.1 Å². The largest absolute Gasteiger partial charge is 0.311 e. The normalized spacial score (nSPS) is 11.5.